The summed E-state index contributed by atoms with van der Waals surface area (Å²) in [6.45, 7) is 13.2. The number of nitrogens with zero attached hydrogens (tertiary/aromatic N) is 1. The molecule has 2 rings (SSSR count). The number of amides is 3. The van der Waals surface area contributed by atoms with Gasteiger partial charge in [-0.05, 0) is 107 Å². The van der Waals surface area contributed by atoms with Crippen LogP contribution in [-0.4, -0.2) is 59.6 Å². The van der Waals surface area contributed by atoms with Gasteiger partial charge < -0.3 is 25.0 Å². The Bertz CT molecular complexity index is 1150. The molecule has 0 aliphatic carbocycles. The van der Waals surface area contributed by atoms with Gasteiger partial charge in [0.05, 0.1) is 7.11 Å². The highest BCUT2D eigenvalue weighted by Crippen LogP contribution is 2.31. The van der Waals surface area contributed by atoms with Crippen molar-refractivity contribution in [3.8, 4) is 5.75 Å². The highest BCUT2D eigenvalue weighted by atomic mass is 32.2. The van der Waals surface area contributed by atoms with E-state index in [9.17, 15) is 14.4 Å². The quantitative estimate of drug-likeness (QED) is 0.312. The van der Waals surface area contributed by atoms with Crippen LogP contribution in [0.2, 0.25) is 0 Å². The van der Waals surface area contributed by atoms with Crippen LogP contribution < -0.4 is 15.4 Å². The summed E-state index contributed by atoms with van der Waals surface area (Å²) in [5.74, 6) is 0.649. The predicted octanol–water partition coefficient (Wildman–Crippen LogP) is 6.27. The lowest BCUT2D eigenvalue weighted by Crippen LogP contribution is -2.55. The number of alkyl carbamates (subject to hydrolysis) is 1. The SMILES string of the molecule is CCC(C)N(C(=O)C(CCSC)NC(=O)OC(C)(C)C)C(C(=O)Nc1ccc(OC)cc1)c1cccc(C)c1C. The first kappa shape index (κ1) is 33.0. The molecular formula is C31H45N3O5S. The lowest BCUT2D eigenvalue weighted by molar-refractivity contribution is -0.143. The molecule has 0 radical (unpaired) electrons. The standard InChI is InChI=1S/C31H45N3O5S/c1-10-21(3)34(29(36)26(18-19-40-9)33-30(37)39-31(5,6)7)27(25-13-11-12-20(2)22(25)4)28(35)32-23-14-16-24(38-8)17-15-23/h11-17,21,26-27H,10,18-19H2,1-9H3,(H,32,35)(H,33,37). The van der Waals surface area contributed by atoms with Gasteiger partial charge in [-0.3, -0.25) is 9.59 Å². The number of carbonyl (C=O) groups is 3. The Labute approximate surface area is 243 Å². The van der Waals surface area contributed by atoms with Crippen molar-refractivity contribution in [2.75, 3.05) is 24.4 Å². The Kier molecular flexibility index (Phi) is 12.4. The third-order valence-corrected chi connectivity index (χ3v) is 7.39. The summed E-state index contributed by atoms with van der Waals surface area (Å²) < 4.78 is 10.7. The monoisotopic (exact) mass is 571 g/mol. The molecule has 9 heteroatoms. The number of nitrogens with one attached hydrogen (secondary N) is 2. The molecule has 0 heterocycles. The zero-order valence-corrected chi connectivity index (χ0v) is 26.1. The molecule has 0 fully saturated rings. The molecule has 0 aliphatic heterocycles. The molecule has 8 nitrogen and oxygen atoms in total. The van der Waals surface area contributed by atoms with E-state index in [4.69, 9.17) is 9.47 Å². The van der Waals surface area contributed by atoms with Gasteiger partial charge in [0.1, 0.15) is 23.4 Å². The second-order valence-corrected chi connectivity index (χ2v) is 11.9. The van der Waals surface area contributed by atoms with E-state index in [1.165, 1.54) is 0 Å². The van der Waals surface area contributed by atoms with E-state index in [0.29, 0.717) is 30.0 Å². The van der Waals surface area contributed by atoms with Crippen LogP contribution in [0, 0.1) is 13.8 Å². The first-order valence-corrected chi connectivity index (χ1v) is 15.0. The summed E-state index contributed by atoms with van der Waals surface area (Å²) in [7, 11) is 1.58. The number of thioether (sulfide) groups is 1. The van der Waals surface area contributed by atoms with Crippen LogP contribution in [-0.2, 0) is 14.3 Å². The summed E-state index contributed by atoms with van der Waals surface area (Å²) in [6, 6.07) is 10.7. The molecular weight excluding hydrogens is 526 g/mol. The van der Waals surface area contributed by atoms with Gasteiger partial charge in [-0.1, -0.05) is 25.1 Å². The molecule has 220 valence electrons. The molecule has 0 saturated carbocycles. The van der Waals surface area contributed by atoms with Crippen molar-refractivity contribution in [1.82, 2.24) is 10.2 Å². The summed E-state index contributed by atoms with van der Waals surface area (Å²) in [5.41, 5.74) is 2.55. The maximum atomic E-state index is 14.4. The molecule has 3 amide bonds. The second-order valence-electron chi connectivity index (χ2n) is 10.9. The van der Waals surface area contributed by atoms with Crippen molar-refractivity contribution in [1.29, 1.82) is 0 Å². The van der Waals surface area contributed by atoms with Gasteiger partial charge in [0.15, 0.2) is 0 Å². The highest BCUT2D eigenvalue weighted by Gasteiger charge is 2.39. The van der Waals surface area contributed by atoms with E-state index < -0.39 is 23.8 Å². The molecule has 2 aromatic carbocycles. The molecule has 0 bridgehead atoms. The summed E-state index contributed by atoms with van der Waals surface area (Å²) in [4.78, 5) is 42.8. The minimum absolute atomic E-state index is 0.295. The first-order valence-electron chi connectivity index (χ1n) is 13.6. The molecule has 40 heavy (non-hydrogen) atoms. The minimum atomic E-state index is -0.929. The zero-order valence-electron chi connectivity index (χ0n) is 25.3. The Balaban J connectivity index is 2.59. The number of carbonyl (C=O) groups excluding carboxylic acids is 3. The summed E-state index contributed by atoms with van der Waals surface area (Å²) in [6.07, 6.45) is 2.29. The number of hydrogen-bond acceptors (Lipinski definition) is 6. The molecule has 3 unspecified atom stereocenters. The van der Waals surface area contributed by atoms with Crippen LogP contribution in [0.15, 0.2) is 42.5 Å². The smallest absolute Gasteiger partial charge is 0.408 e. The summed E-state index contributed by atoms with van der Waals surface area (Å²) >= 11 is 1.58. The number of ether oxygens (including phenoxy) is 2. The number of hydrogen-bond donors (Lipinski definition) is 2. The van der Waals surface area contributed by atoms with Crippen molar-refractivity contribution in [3.63, 3.8) is 0 Å². The van der Waals surface area contributed by atoms with Crippen molar-refractivity contribution in [2.24, 2.45) is 0 Å². The average molecular weight is 572 g/mol. The van der Waals surface area contributed by atoms with Crippen LogP contribution in [0.4, 0.5) is 10.5 Å². The van der Waals surface area contributed by atoms with Crippen molar-refractivity contribution in [2.45, 2.75) is 85.0 Å². The van der Waals surface area contributed by atoms with Crippen LogP contribution in [0.25, 0.3) is 0 Å². The third kappa shape index (κ3) is 9.18. The number of anilines is 1. The van der Waals surface area contributed by atoms with E-state index in [-0.39, 0.29) is 17.9 Å². The second kappa shape index (κ2) is 15.0. The number of methoxy groups -OCH3 is 1. The minimum Gasteiger partial charge on any atom is -0.497 e. The Morgan fingerprint density at radius 2 is 1.70 bits per heavy atom. The van der Waals surface area contributed by atoms with Gasteiger partial charge in [0, 0.05) is 11.7 Å². The summed E-state index contributed by atoms with van der Waals surface area (Å²) in [5, 5.41) is 5.79. The van der Waals surface area contributed by atoms with Crippen LogP contribution in [0.3, 0.4) is 0 Å². The zero-order chi connectivity index (χ0) is 30.0. The number of rotatable bonds is 12. The molecule has 0 saturated heterocycles. The fourth-order valence-electron chi connectivity index (χ4n) is 4.29. The number of aryl methyl sites for hydroxylation is 1. The lowest BCUT2D eigenvalue weighted by Gasteiger charge is -2.39. The van der Waals surface area contributed by atoms with Crippen molar-refractivity contribution < 1.29 is 23.9 Å². The van der Waals surface area contributed by atoms with Crippen molar-refractivity contribution in [3.05, 3.63) is 59.2 Å². The largest absolute Gasteiger partial charge is 0.497 e. The van der Waals surface area contributed by atoms with Crippen LogP contribution in [0.1, 0.15) is 70.2 Å². The van der Waals surface area contributed by atoms with Crippen LogP contribution >= 0.6 is 11.8 Å². The lowest BCUT2D eigenvalue weighted by atomic mass is 9.93. The molecule has 0 aliphatic rings. The van der Waals surface area contributed by atoms with E-state index in [1.54, 1.807) is 68.8 Å². The Morgan fingerprint density at radius 1 is 1.05 bits per heavy atom. The van der Waals surface area contributed by atoms with E-state index >= 15 is 0 Å². The van der Waals surface area contributed by atoms with E-state index in [1.807, 2.05) is 52.1 Å². The van der Waals surface area contributed by atoms with Gasteiger partial charge in [0.25, 0.3) is 5.91 Å². The molecule has 3 atom stereocenters. The van der Waals surface area contributed by atoms with E-state index in [2.05, 4.69) is 10.6 Å². The average Bonchev–Trinajstić information content (AvgIpc) is 2.90. The van der Waals surface area contributed by atoms with Gasteiger partial charge in [0.2, 0.25) is 5.91 Å². The Morgan fingerprint density at radius 3 is 2.25 bits per heavy atom. The number of benzene rings is 2. The maximum absolute atomic E-state index is 14.4. The van der Waals surface area contributed by atoms with E-state index in [0.717, 1.165) is 16.7 Å². The predicted molar refractivity (Wildman–Crippen MR) is 163 cm³/mol. The van der Waals surface area contributed by atoms with Gasteiger partial charge in [-0.15, -0.1) is 0 Å². The van der Waals surface area contributed by atoms with Crippen molar-refractivity contribution >= 4 is 35.4 Å². The fourth-order valence-corrected chi connectivity index (χ4v) is 4.76. The Hall–Kier alpha value is -3.20. The normalized spacial score (nSPS) is 13.5. The molecule has 2 N–H and O–H groups in total. The maximum Gasteiger partial charge on any atom is 0.408 e. The first-order chi connectivity index (χ1) is 18.8. The molecule has 0 aromatic heterocycles. The van der Waals surface area contributed by atoms with Gasteiger partial charge in [-0.25, -0.2) is 4.79 Å². The van der Waals surface area contributed by atoms with Crippen LogP contribution in [0.5, 0.6) is 5.75 Å². The van der Waals surface area contributed by atoms with Gasteiger partial charge >= 0.3 is 6.09 Å². The van der Waals surface area contributed by atoms with Gasteiger partial charge in [-0.2, -0.15) is 11.8 Å². The molecule has 0 spiro atoms. The third-order valence-electron chi connectivity index (χ3n) is 6.75. The highest BCUT2D eigenvalue weighted by molar-refractivity contribution is 7.98. The fraction of sp³-hybridized carbons (Fsp3) is 0.516. The topological polar surface area (TPSA) is 97.0 Å². The molecule has 2 aromatic rings.